The smallest absolute Gasteiger partial charge is 0.300 e. The van der Waals surface area contributed by atoms with Crippen LogP contribution < -0.4 is 9.64 Å². The molecule has 0 aliphatic carbocycles. The summed E-state index contributed by atoms with van der Waals surface area (Å²) in [6.07, 6.45) is -0.00333. The molecule has 162 valence electrons. The van der Waals surface area contributed by atoms with Crippen molar-refractivity contribution in [1.29, 1.82) is 0 Å². The normalized spacial score (nSPS) is 17.7. The van der Waals surface area contributed by atoms with E-state index in [4.69, 9.17) is 4.74 Å². The Morgan fingerprint density at radius 1 is 0.906 bits per heavy atom. The third kappa shape index (κ3) is 3.83. The number of aliphatic hydroxyl groups is 1. The first-order chi connectivity index (χ1) is 15.4. The zero-order chi connectivity index (χ0) is 22.8. The molecule has 1 aliphatic heterocycles. The minimum absolute atomic E-state index is 0.00333. The summed E-state index contributed by atoms with van der Waals surface area (Å²) in [6.45, 7) is 3.82. The van der Waals surface area contributed by atoms with Crippen LogP contribution in [0.3, 0.4) is 0 Å². The Hall–Kier alpha value is -4.06. The SMILES string of the molecule is CC(C)Oc1ccc(/C(O)=C2\C(=O)C(=O)N(c3ccccc3O)C2c2ccccc2)cc1. The molecule has 6 heteroatoms. The first kappa shape index (κ1) is 21.2. The van der Waals surface area contributed by atoms with E-state index in [1.165, 1.54) is 11.0 Å². The van der Waals surface area contributed by atoms with Gasteiger partial charge in [-0.1, -0.05) is 42.5 Å². The van der Waals surface area contributed by atoms with Gasteiger partial charge in [0.05, 0.1) is 23.4 Å². The number of benzene rings is 3. The molecule has 1 aliphatic rings. The lowest BCUT2D eigenvalue weighted by atomic mass is 9.95. The number of ketones is 1. The van der Waals surface area contributed by atoms with Crippen molar-refractivity contribution in [3.63, 3.8) is 0 Å². The summed E-state index contributed by atoms with van der Waals surface area (Å²) in [5, 5.41) is 21.5. The quantitative estimate of drug-likeness (QED) is 0.345. The molecule has 1 fully saturated rings. The molecule has 0 spiro atoms. The molecular weight excluding hydrogens is 406 g/mol. The minimum atomic E-state index is -0.893. The molecule has 32 heavy (non-hydrogen) atoms. The van der Waals surface area contributed by atoms with Crippen molar-refractivity contribution in [3.8, 4) is 11.5 Å². The summed E-state index contributed by atoms with van der Waals surface area (Å²) in [6, 6.07) is 21.1. The first-order valence-corrected chi connectivity index (χ1v) is 10.3. The number of Topliss-reactive ketones (excluding diaryl/α,β-unsaturated/α-hetero) is 1. The average Bonchev–Trinajstić information content (AvgIpc) is 3.05. The van der Waals surface area contributed by atoms with Crippen LogP contribution in [-0.4, -0.2) is 28.0 Å². The number of phenols is 1. The number of rotatable bonds is 5. The van der Waals surface area contributed by atoms with Gasteiger partial charge in [-0.2, -0.15) is 0 Å². The number of ether oxygens (including phenoxy) is 1. The Labute approximate surface area is 186 Å². The monoisotopic (exact) mass is 429 g/mol. The van der Waals surface area contributed by atoms with Crippen LogP contribution in [0.15, 0.2) is 84.4 Å². The first-order valence-electron chi connectivity index (χ1n) is 10.3. The standard InChI is InChI=1S/C26H23NO5/c1-16(2)32-19-14-12-18(13-15-19)24(29)22-23(17-8-4-3-5-9-17)27(26(31)25(22)30)20-10-6-7-11-21(20)28/h3-16,23,28-29H,1-2H3/b24-22+. The number of nitrogens with zero attached hydrogens (tertiary/aromatic N) is 1. The summed E-state index contributed by atoms with van der Waals surface area (Å²) in [7, 11) is 0. The summed E-state index contributed by atoms with van der Waals surface area (Å²) < 4.78 is 5.64. The summed E-state index contributed by atoms with van der Waals surface area (Å²) in [5.41, 5.74) is 1.18. The highest BCUT2D eigenvalue weighted by Gasteiger charge is 2.47. The number of hydrogen-bond donors (Lipinski definition) is 2. The van der Waals surface area contributed by atoms with Gasteiger partial charge in [0.1, 0.15) is 17.3 Å². The Balaban J connectivity index is 1.87. The maximum Gasteiger partial charge on any atom is 0.300 e. The highest BCUT2D eigenvalue weighted by atomic mass is 16.5. The third-order valence-corrected chi connectivity index (χ3v) is 5.20. The second-order valence-electron chi connectivity index (χ2n) is 7.76. The van der Waals surface area contributed by atoms with E-state index >= 15 is 0 Å². The molecule has 0 aromatic heterocycles. The molecule has 4 rings (SSSR count). The maximum atomic E-state index is 13.1. The molecule has 0 bridgehead atoms. The van der Waals surface area contributed by atoms with Crippen LogP contribution in [-0.2, 0) is 9.59 Å². The number of carbonyl (C=O) groups excluding carboxylic acids is 2. The highest BCUT2D eigenvalue weighted by Crippen LogP contribution is 2.44. The summed E-state index contributed by atoms with van der Waals surface area (Å²) in [5.74, 6) is -1.42. The van der Waals surface area contributed by atoms with Crippen molar-refractivity contribution in [3.05, 3.63) is 95.6 Å². The highest BCUT2D eigenvalue weighted by molar-refractivity contribution is 6.51. The fourth-order valence-corrected chi connectivity index (χ4v) is 3.82. The predicted molar refractivity (Wildman–Crippen MR) is 122 cm³/mol. The van der Waals surface area contributed by atoms with Gasteiger partial charge in [0.2, 0.25) is 0 Å². The van der Waals surface area contributed by atoms with Gasteiger partial charge in [-0.25, -0.2) is 0 Å². The van der Waals surface area contributed by atoms with Gasteiger partial charge in [0.15, 0.2) is 0 Å². The maximum absolute atomic E-state index is 13.1. The molecule has 2 N–H and O–H groups in total. The van der Waals surface area contributed by atoms with Gasteiger partial charge in [-0.3, -0.25) is 14.5 Å². The van der Waals surface area contributed by atoms with Crippen molar-refractivity contribution in [2.75, 3.05) is 4.90 Å². The predicted octanol–water partition coefficient (Wildman–Crippen LogP) is 4.81. The molecule has 3 aromatic carbocycles. The van der Waals surface area contributed by atoms with Crippen molar-refractivity contribution < 1.29 is 24.5 Å². The third-order valence-electron chi connectivity index (χ3n) is 5.20. The van der Waals surface area contributed by atoms with Crippen molar-refractivity contribution in [2.24, 2.45) is 0 Å². The molecule has 1 heterocycles. The lowest BCUT2D eigenvalue weighted by molar-refractivity contribution is -0.132. The number of para-hydroxylation sites is 2. The number of aliphatic hydroxyl groups excluding tert-OH is 1. The van der Waals surface area contributed by atoms with E-state index in [0.29, 0.717) is 16.9 Å². The Morgan fingerprint density at radius 3 is 2.16 bits per heavy atom. The van der Waals surface area contributed by atoms with E-state index in [-0.39, 0.29) is 28.9 Å². The lowest BCUT2D eigenvalue weighted by Crippen LogP contribution is -2.29. The molecular formula is C26H23NO5. The van der Waals surface area contributed by atoms with E-state index in [9.17, 15) is 19.8 Å². The van der Waals surface area contributed by atoms with E-state index < -0.39 is 17.7 Å². The summed E-state index contributed by atoms with van der Waals surface area (Å²) >= 11 is 0. The summed E-state index contributed by atoms with van der Waals surface area (Å²) in [4.78, 5) is 27.4. The van der Waals surface area contributed by atoms with Crippen LogP contribution in [0.25, 0.3) is 5.76 Å². The van der Waals surface area contributed by atoms with Gasteiger partial charge in [0.25, 0.3) is 11.7 Å². The fraction of sp³-hybridized carbons (Fsp3) is 0.154. The molecule has 6 nitrogen and oxygen atoms in total. The number of anilines is 1. The van der Waals surface area contributed by atoms with Gasteiger partial charge < -0.3 is 14.9 Å². The van der Waals surface area contributed by atoms with Crippen LogP contribution in [0.5, 0.6) is 11.5 Å². The number of phenolic OH excluding ortho intramolecular Hbond substituents is 1. The van der Waals surface area contributed by atoms with E-state index in [2.05, 4.69) is 0 Å². The molecule has 1 unspecified atom stereocenters. The van der Waals surface area contributed by atoms with E-state index in [1.54, 1.807) is 66.7 Å². The Morgan fingerprint density at radius 2 is 1.53 bits per heavy atom. The van der Waals surface area contributed by atoms with Crippen molar-refractivity contribution in [2.45, 2.75) is 26.0 Å². The zero-order valence-corrected chi connectivity index (χ0v) is 17.7. The minimum Gasteiger partial charge on any atom is -0.507 e. The van der Waals surface area contributed by atoms with Crippen LogP contribution in [0.4, 0.5) is 5.69 Å². The average molecular weight is 429 g/mol. The van der Waals surface area contributed by atoms with Crippen molar-refractivity contribution in [1.82, 2.24) is 0 Å². The molecule has 3 aromatic rings. The Kier molecular flexibility index (Phi) is 5.69. The fourth-order valence-electron chi connectivity index (χ4n) is 3.82. The zero-order valence-electron chi connectivity index (χ0n) is 17.7. The molecule has 1 saturated heterocycles. The topological polar surface area (TPSA) is 87.1 Å². The molecule has 0 saturated carbocycles. The van der Waals surface area contributed by atoms with Crippen LogP contribution in [0.1, 0.15) is 31.0 Å². The largest absolute Gasteiger partial charge is 0.507 e. The second kappa shape index (κ2) is 8.59. The van der Waals surface area contributed by atoms with Gasteiger partial charge in [-0.15, -0.1) is 0 Å². The van der Waals surface area contributed by atoms with Gasteiger partial charge in [-0.05, 0) is 55.8 Å². The second-order valence-corrected chi connectivity index (χ2v) is 7.76. The van der Waals surface area contributed by atoms with E-state index in [0.717, 1.165) is 0 Å². The lowest BCUT2D eigenvalue weighted by Gasteiger charge is -2.26. The number of carbonyl (C=O) groups is 2. The Bertz CT molecular complexity index is 1180. The van der Waals surface area contributed by atoms with Crippen LogP contribution in [0, 0.1) is 0 Å². The van der Waals surface area contributed by atoms with Crippen LogP contribution in [0.2, 0.25) is 0 Å². The number of amides is 1. The molecule has 1 amide bonds. The van der Waals surface area contributed by atoms with E-state index in [1.807, 2.05) is 19.9 Å². The van der Waals surface area contributed by atoms with Gasteiger partial charge in [0, 0.05) is 5.56 Å². The van der Waals surface area contributed by atoms with Crippen LogP contribution >= 0.6 is 0 Å². The van der Waals surface area contributed by atoms with Crippen molar-refractivity contribution >= 4 is 23.1 Å². The number of aromatic hydroxyl groups is 1. The number of hydrogen-bond acceptors (Lipinski definition) is 5. The molecule has 1 atom stereocenters. The molecule has 0 radical (unpaired) electrons. The van der Waals surface area contributed by atoms with Gasteiger partial charge >= 0.3 is 0 Å².